The van der Waals surface area contributed by atoms with Crippen LogP contribution in [-0.2, 0) is 11.3 Å². The Hall–Kier alpha value is -3.62. The van der Waals surface area contributed by atoms with Crippen molar-refractivity contribution in [3.63, 3.8) is 0 Å². The molecule has 0 unspecified atom stereocenters. The molecule has 180 valence electrons. The number of aromatic nitrogens is 4. The van der Waals surface area contributed by atoms with Gasteiger partial charge in [0.1, 0.15) is 5.65 Å². The minimum absolute atomic E-state index is 0.0847. The van der Waals surface area contributed by atoms with Crippen LogP contribution in [0.5, 0.6) is 0 Å². The largest absolute Gasteiger partial charge is 0.374 e. The molecular formula is C27H30N6O2. The molecule has 8 heteroatoms. The number of aryl methyl sites for hydroxylation is 2. The smallest absolute Gasteiger partial charge is 0.260 e. The van der Waals surface area contributed by atoms with Crippen LogP contribution in [0, 0.1) is 13.8 Å². The first-order valence-corrected chi connectivity index (χ1v) is 12.1. The molecule has 3 aromatic heterocycles. The van der Waals surface area contributed by atoms with E-state index in [2.05, 4.69) is 31.7 Å². The van der Waals surface area contributed by atoms with E-state index >= 15 is 0 Å². The van der Waals surface area contributed by atoms with Gasteiger partial charge in [-0.15, -0.1) is 0 Å². The van der Waals surface area contributed by atoms with E-state index < -0.39 is 0 Å². The Morgan fingerprint density at radius 1 is 1.11 bits per heavy atom. The minimum Gasteiger partial charge on any atom is -0.374 e. The van der Waals surface area contributed by atoms with Crippen LogP contribution < -0.4 is 16.2 Å². The first kappa shape index (κ1) is 23.1. The third-order valence-corrected chi connectivity index (χ3v) is 6.28. The SMILES string of the molecule is CCNc1ncc2cc(-c3ccc(-c4cccc(C)n4)cc3C)c(=O)n(CCOC3CNC3)c2n1. The van der Waals surface area contributed by atoms with E-state index in [1.165, 1.54) is 0 Å². The van der Waals surface area contributed by atoms with Crippen LogP contribution >= 0.6 is 0 Å². The number of benzene rings is 1. The lowest BCUT2D eigenvalue weighted by atomic mass is 9.97. The van der Waals surface area contributed by atoms with Crippen LogP contribution in [0.25, 0.3) is 33.4 Å². The average molecular weight is 471 g/mol. The Balaban J connectivity index is 1.57. The van der Waals surface area contributed by atoms with Gasteiger partial charge in [0.15, 0.2) is 0 Å². The molecule has 0 saturated carbocycles. The van der Waals surface area contributed by atoms with Gasteiger partial charge in [-0.25, -0.2) is 4.98 Å². The second-order valence-electron chi connectivity index (χ2n) is 8.86. The van der Waals surface area contributed by atoms with Crippen LogP contribution in [0.4, 0.5) is 5.95 Å². The second-order valence-corrected chi connectivity index (χ2v) is 8.86. The minimum atomic E-state index is -0.0847. The molecule has 1 aliphatic heterocycles. The zero-order valence-corrected chi connectivity index (χ0v) is 20.3. The molecule has 1 aromatic carbocycles. The molecule has 0 atom stereocenters. The Morgan fingerprint density at radius 2 is 1.97 bits per heavy atom. The average Bonchev–Trinajstić information content (AvgIpc) is 2.82. The predicted molar refractivity (Wildman–Crippen MR) is 139 cm³/mol. The molecule has 1 fully saturated rings. The number of fused-ring (bicyclic) bond motifs is 1. The molecule has 0 radical (unpaired) electrons. The van der Waals surface area contributed by atoms with Crippen molar-refractivity contribution in [2.24, 2.45) is 0 Å². The summed E-state index contributed by atoms with van der Waals surface area (Å²) in [6, 6.07) is 14.0. The molecule has 0 bridgehead atoms. The van der Waals surface area contributed by atoms with Crippen molar-refractivity contribution < 1.29 is 4.74 Å². The molecule has 2 N–H and O–H groups in total. The highest BCUT2D eigenvalue weighted by Gasteiger charge is 2.19. The van der Waals surface area contributed by atoms with Crippen molar-refractivity contribution >= 4 is 17.0 Å². The highest BCUT2D eigenvalue weighted by atomic mass is 16.5. The first-order chi connectivity index (χ1) is 17.0. The van der Waals surface area contributed by atoms with Gasteiger partial charge in [-0.1, -0.05) is 18.2 Å². The van der Waals surface area contributed by atoms with E-state index in [1.54, 1.807) is 10.8 Å². The summed E-state index contributed by atoms with van der Waals surface area (Å²) in [5.41, 5.74) is 5.97. The zero-order chi connectivity index (χ0) is 24.4. The number of nitrogens with one attached hydrogen (secondary N) is 2. The van der Waals surface area contributed by atoms with Gasteiger partial charge < -0.3 is 15.4 Å². The lowest BCUT2D eigenvalue weighted by Crippen LogP contribution is -2.48. The summed E-state index contributed by atoms with van der Waals surface area (Å²) in [5.74, 6) is 0.510. The highest BCUT2D eigenvalue weighted by Crippen LogP contribution is 2.28. The number of hydrogen-bond donors (Lipinski definition) is 2. The second kappa shape index (κ2) is 9.93. The van der Waals surface area contributed by atoms with Gasteiger partial charge in [-0.2, -0.15) is 4.98 Å². The van der Waals surface area contributed by atoms with Crippen molar-refractivity contribution in [2.75, 3.05) is 31.6 Å². The fourth-order valence-electron chi connectivity index (χ4n) is 4.32. The Morgan fingerprint density at radius 3 is 2.69 bits per heavy atom. The monoisotopic (exact) mass is 470 g/mol. The standard InChI is InChI=1S/C27H30N6O2/c1-4-29-27-30-14-20-13-23(26(34)33(25(20)32-27)10-11-35-21-15-28-16-21)22-9-8-19(12-17(22)2)24-7-5-6-18(3)31-24/h5-9,12-14,21,28H,4,10-11,15-16H2,1-3H3,(H,29,30,32). The lowest BCUT2D eigenvalue weighted by molar-refractivity contribution is 0.0149. The highest BCUT2D eigenvalue weighted by molar-refractivity contribution is 5.83. The van der Waals surface area contributed by atoms with Crippen LogP contribution in [0.2, 0.25) is 0 Å². The maximum Gasteiger partial charge on any atom is 0.260 e. The van der Waals surface area contributed by atoms with Gasteiger partial charge in [0, 0.05) is 48.0 Å². The summed E-state index contributed by atoms with van der Waals surface area (Å²) in [7, 11) is 0. The maximum atomic E-state index is 13.8. The van der Waals surface area contributed by atoms with E-state index in [4.69, 9.17) is 4.74 Å². The van der Waals surface area contributed by atoms with Gasteiger partial charge in [0.05, 0.1) is 24.9 Å². The van der Waals surface area contributed by atoms with Crippen LogP contribution in [0.1, 0.15) is 18.2 Å². The van der Waals surface area contributed by atoms with Crippen molar-refractivity contribution in [1.29, 1.82) is 0 Å². The summed E-state index contributed by atoms with van der Waals surface area (Å²) in [4.78, 5) is 27.5. The van der Waals surface area contributed by atoms with Gasteiger partial charge in [0.25, 0.3) is 5.56 Å². The van der Waals surface area contributed by atoms with E-state index in [0.29, 0.717) is 36.9 Å². The van der Waals surface area contributed by atoms with E-state index in [-0.39, 0.29) is 11.7 Å². The van der Waals surface area contributed by atoms with E-state index in [1.807, 2.05) is 57.2 Å². The van der Waals surface area contributed by atoms with Crippen LogP contribution in [0.15, 0.2) is 53.5 Å². The molecule has 0 aliphatic carbocycles. The maximum absolute atomic E-state index is 13.8. The van der Waals surface area contributed by atoms with Gasteiger partial charge in [0.2, 0.25) is 5.95 Å². The van der Waals surface area contributed by atoms with Gasteiger partial charge >= 0.3 is 0 Å². The van der Waals surface area contributed by atoms with Crippen molar-refractivity contribution in [3.8, 4) is 22.4 Å². The Bertz CT molecular complexity index is 1430. The summed E-state index contributed by atoms with van der Waals surface area (Å²) in [6.45, 7) is 9.27. The number of anilines is 1. The summed E-state index contributed by atoms with van der Waals surface area (Å²) in [5, 5.41) is 7.15. The van der Waals surface area contributed by atoms with Gasteiger partial charge in [-0.3, -0.25) is 14.3 Å². The molecule has 0 amide bonds. The molecular weight excluding hydrogens is 440 g/mol. The van der Waals surface area contributed by atoms with Gasteiger partial charge in [-0.05, 0) is 56.2 Å². The van der Waals surface area contributed by atoms with Crippen molar-refractivity contribution in [1.82, 2.24) is 24.8 Å². The summed E-state index contributed by atoms with van der Waals surface area (Å²) >= 11 is 0. The number of nitrogens with zero attached hydrogens (tertiary/aromatic N) is 4. The molecule has 4 heterocycles. The van der Waals surface area contributed by atoms with Crippen molar-refractivity contribution in [3.05, 3.63) is 70.3 Å². The van der Waals surface area contributed by atoms with Crippen LogP contribution in [-0.4, -0.2) is 51.9 Å². The fraction of sp³-hybridized carbons (Fsp3) is 0.333. The molecule has 1 aliphatic rings. The molecule has 1 saturated heterocycles. The molecule has 8 nitrogen and oxygen atoms in total. The van der Waals surface area contributed by atoms with E-state index in [0.717, 1.165) is 46.6 Å². The normalized spacial score (nSPS) is 13.7. The molecule has 35 heavy (non-hydrogen) atoms. The Labute approximate surface area is 204 Å². The van der Waals surface area contributed by atoms with Crippen molar-refractivity contribution in [2.45, 2.75) is 33.4 Å². The number of hydrogen-bond acceptors (Lipinski definition) is 7. The third-order valence-electron chi connectivity index (χ3n) is 6.28. The number of ether oxygens (including phenoxy) is 1. The number of rotatable bonds is 8. The lowest BCUT2D eigenvalue weighted by Gasteiger charge is -2.27. The Kier molecular flexibility index (Phi) is 6.57. The third kappa shape index (κ3) is 4.80. The zero-order valence-electron chi connectivity index (χ0n) is 20.3. The predicted octanol–water partition coefficient (Wildman–Crippen LogP) is 3.56. The van der Waals surface area contributed by atoms with Crippen LogP contribution in [0.3, 0.4) is 0 Å². The summed E-state index contributed by atoms with van der Waals surface area (Å²) < 4.78 is 7.64. The molecule has 0 spiro atoms. The molecule has 5 rings (SSSR count). The quantitative estimate of drug-likeness (QED) is 0.407. The van der Waals surface area contributed by atoms with E-state index in [9.17, 15) is 4.79 Å². The topological polar surface area (TPSA) is 94.0 Å². The summed E-state index contributed by atoms with van der Waals surface area (Å²) in [6.07, 6.45) is 1.98. The molecule has 4 aromatic rings. The first-order valence-electron chi connectivity index (χ1n) is 12.1. The number of pyridine rings is 2. The fourth-order valence-corrected chi connectivity index (χ4v) is 4.32.